The maximum Gasteiger partial charge on any atom is 0.296 e. The van der Waals surface area contributed by atoms with E-state index >= 15 is 0 Å². The van der Waals surface area contributed by atoms with E-state index in [1.54, 1.807) is 36.4 Å². The molecule has 6 N–H and O–H groups in total. The Hall–Kier alpha value is -7.74. The highest BCUT2D eigenvalue weighted by atomic mass is 32.2. The van der Waals surface area contributed by atoms with Gasteiger partial charge in [0, 0.05) is 67.5 Å². The van der Waals surface area contributed by atoms with Gasteiger partial charge in [0.05, 0.1) is 69.1 Å². The quantitative estimate of drug-likeness (QED) is 0.0256. The number of hydrogen-bond donors (Lipinski definition) is 6. The third-order valence-electron chi connectivity index (χ3n) is 14.8. The van der Waals surface area contributed by atoms with E-state index in [1.807, 2.05) is 44.4 Å². The van der Waals surface area contributed by atoms with Crippen molar-refractivity contribution in [3.8, 4) is 32.6 Å². The van der Waals surface area contributed by atoms with Crippen molar-refractivity contribution < 1.29 is 66.5 Å². The first-order valence-electron chi connectivity index (χ1n) is 28.6. The second kappa shape index (κ2) is 28.5. The summed E-state index contributed by atoms with van der Waals surface area (Å²) >= 11 is 3.07. The van der Waals surface area contributed by atoms with Gasteiger partial charge in [0.25, 0.3) is 46.4 Å². The van der Waals surface area contributed by atoms with Crippen LogP contribution in [0.15, 0.2) is 140 Å². The Labute approximate surface area is 549 Å². The van der Waals surface area contributed by atoms with Crippen LogP contribution in [0.1, 0.15) is 58.6 Å². The molecular formula is C59H64N12O15S7. The summed E-state index contributed by atoms with van der Waals surface area (Å²) in [6.07, 6.45) is 0.778. The van der Waals surface area contributed by atoms with Crippen LogP contribution in [0.5, 0.6) is 11.5 Å². The molecule has 0 saturated carbocycles. The van der Waals surface area contributed by atoms with Gasteiger partial charge in [0.15, 0.2) is 0 Å². The van der Waals surface area contributed by atoms with Crippen molar-refractivity contribution in [2.75, 3.05) is 67.9 Å². The molecule has 0 saturated heterocycles. The van der Waals surface area contributed by atoms with Crippen LogP contribution in [0.4, 0.5) is 45.5 Å². The summed E-state index contributed by atoms with van der Waals surface area (Å²) in [4.78, 5) is 26.1. The highest BCUT2D eigenvalue weighted by molar-refractivity contribution is 8.14. The zero-order valence-electron chi connectivity index (χ0n) is 51.4. The number of aliphatic hydroxyl groups excluding tert-OH is 1. The number of rotatable bonds is 23. The normalized spacial score (nSPS) is 14.7. The highest BCUT2D eigenvalue weighted by Gasteiger charge is 2.29. The minimum Gasteiger partial charge on any atom is -0.494 e. The number of amidine groups is 1. The molecule has 0 fully saturated rings. The molecule has 1 atom stereocenters. The maximum atomic E-state index is 13.2. The summed E-state index contributed by atoms with van der Waals surface area (Å²) in [7, 11) is -16.5. The molecule has 0 bridgehead atoms. The fourth-order valence-corrected chi connectivity index (χ4v) is 16.9. The molecule has 27 nitrogen and oxygen atoms in total. The van der Waals surface area contributed by atoms with E-state index in [4.69, 9.17) is 24.5 Å². The van der Waals surface area contributed by atoms with Gasteiger partial charge in [-0.3, -0.25) is 18.2 Å². The number of aliphatic imine (C=N–C) groups is 3. The van der Waals surface area contributed by atoms with Crippen LogP contribution in [-0.2, 0) is 40.5 Å². The molecule has 8 aromatic rings. The Morgan fingerprint density at radius 1 is 0.581 bits per heavy atom. The topological polar surface area (TPSA) is 387 Å². The largest absolute Gasteiger partial charge is 0.494 e. The average Bonchev–Trinajstić information content (AvgIpc) is 1.68. The lowest BCUT2D eigenvalue weighted by molar-refractivity contribution is 0.323. The van der Waals surface area contributed by atoms with Gasteiger partial charge in [-0.25, -0.2) is 20.0 Å². The second-order valence-corrected chi connectivity index (χ2v) is 29.3. The van der Waals surface area contributed by atoms with Gasteiger partial charge in [-0.15, -0.1) is 54.9 Å². The number of anilines is 3. The molecule has 1 aliphatic rings. The minimum absolute atomic E-state index is 0.0288. The van der Waals surface area contributed by atoms with E-state index in [-0.39, 0.29) is 109 Å². The van der Waals surface area contributed by atoms with Crippen molar-refractivity contribution in [3.63, 3.8) is 0 Å². The van der Waals surface area contributed by atoms with E-state index in [2.05, 4.69) is 35.7 Å². The molecule has 34 heteroatoms. The van der Waals surface area contributed by atoms with Gasteiger partial charge in [-0.2, -0.15) is 38.7 Å². The Bertz CT molecular complexity index is 4870. The monoisotopic (exact) mass is 1400 g/mol. The number of fused-ring (bicyclic) bond motifs is 2. The standard InChI is InChI=1S/C59H64N12O15S7/c1-10-34-27-51(87-24-23-72)64-59(63-42-29-46(71(13-4)14-5)48(86-9)31-44(42)69-67-38-22-18-36(26-50(38)91(76,77)78)58-62-40-20-16-33(7)55(53(40)89-58)93(82,83)84)65-56(34)60-41-28-45(70(11-2)12-3)47(85-8)30-43(41)68-66-37-21-17-35(25-49(37)90(73,74)75)57-61-39-19-15-32(6)54(52(39)88-57)92(79,80)81/h15-22,25-26,28-31,34,72H,10-14,23-24,27H2,1-9H3,(H,60,63,65)(H,73,74,75)(H,76,77,78)(H,79,80,81)(H,82,83,84). The van der Waals surface area contributed by atoms with E-state index in [0.29, 0.717) is 78.5 Å². The third kappa shape index (κ3) is 15.4. The van der Waals surface area contributed by atoms with Gasteiger partial charge in [0.1, 0.15) is 69.7 Å². The maximum absolute atomic E-state index is 13.2. The summed E-state index contributed by atoms with van der Waals surface area (Å²) in [5, 5.41) is 32.2. The summed E-state index contributed by atoms with van der Waals surface area (Å²) in [5.74, 6) is 0.771. The lowest BCUT2D eigenvalue weighted by Gasteiger charge is -2.25. The molecular weight excluding hydrogens is 1340 g/mol. The molecule has 6 aromatic carbocycles. The van der Waals surface area contributed by atoms with Gasteiger partial charge in [-0.05, 0) is 120 Å². The first-order valence-corrected chi connectivity index (χ1v) is 37.0. The Kier molecular flexibility index (Phi) is 21.3. The highest BCUT2D eigenvalue weighted by Crippen LogP contribution is 2.46. The van der Waals surface area contributed by atoms with Crippen molar-refractivity contribution >= 4 is 158 Å². The molecule has 93 heavy (non-hydrogen) atoms. The fraction of sp³-hybridized carbons (Fsp3) is 0.305. The number of aliphatic hydroxyl groups is 1. The van der Waals surface area contributed by atoms with Crippen molar-refractivity contribution in [1.29, 1.82) is 0 Å². The van der Waals surface area contributed by atoms with Gasteiger partial charge >= 0.3 is 0 Å². The number of aryl methyl sites for hydroxylation is 2. The van der Waals surface area contributed by atoms with E-state index in [1.165, 1.54) is 76.2 Å². The molecule has 1 aliphatic heterocycles. The number of aromatic nitrogens is 2. The summed E-state index contributed by atoms with van der Waals surface area (Å²) in [6.45, 7) is 14.7. The predicted octanol–water partition coefficient (Wildman–Crippen LogP) is 13.4. The molecule has 1 unspecified atom stereocenters. The molecule has 0 amide bonds. The van der Waals surface area contributed by atoms with Crippen LogP contribution in [0, 0.1) is 19.8 Å². The summed E-state index contributed by atoms with van der Waals surface area (Å²) in [6, 6.07) is 20.4. The molecule has 0 radical (unpaired) electrons. The minimum atomic E-state index is -5.04. The van der Waals surface area contributed by atoms with E-state index in [9.17, 15) is 57.0 Å². The first kappa shape index (κ1) is 69.6. The van der Waals surface area contributed by atoms with E-state index < -0.39 is 56.2 Å². The van der Waals surface area contributed by atoms with Crippen molar-refractivity contribution in [3.05, 3.63) is 96.1 Å². The number of hydrogen-bond acceptors (Lipinski definition) is 24. The molecule has 0 spiro atoms. The third-order valence-corrected chi connectivity index (χ3v) is 22.2. The fourth-order valence-electron chi connectivity index (χ4n) is 10.2. The number of guanidine groups is 1. The number of azo groups is 2. The number of thiazole rings is 2. The number of benzene rings is 6. The predicted molar refractivity (Wildman–Crippen MR) is 364 cm³/mol. The molecule has 3 heterocycles. The van der Waals surface area contributed by atoms with Crippen molar-refractivity contribution in [2.45, 2.75) is 80.9 Å². The first-order chi connectivity index (χ1) is 44.0. The Balaban J connectivity index is 1.18. The van der Waals surface area contributed by atoms with Crippen LogP contribution in [0.2, 0.25) is 0 Å². The van der Waals surface area contributed by atoms with Crippen LogP contribution in [0.25, 0.3) is 41.6 Å². The molecule has 2 aromatic heterocycles. The summed E-state index contributed by atoms with van der Waals surface area (Å²) in [5.41, 5.74) is 2.50. The number of nitrogens with zero attached hydrogens (tertiary/aromatic N) is 11. The Morgan fingerprint density at radius 2 is 1.04 bits per heavy atom. The van der Waals surface area contributed by atoms with Gasteiger partial charge < -0.3 is 29.7 Å². The van der Waals surface area contributed by atoms with Crippen LogP contribution >= 0.6 is 34.4 Å². The summed E-state index contributed by atoms with van der Waals surface area (Å²) < 4.78 is 156. The number of nitrogens with one attached hydrogen (secondary N) is 1. The van der Waals surface area contributed by atoms with Gasteiger partial charge in [0.2, 0.25) is 0 Å². The van der Waals surface area contributed by atoms with Crippen molar-refractivity contribution in [1.82, 2.24) is 9.97 Å². The zero-order valence-corrected chi connectivity index (χ0v) is 57.1. The molecule has 9 rings (SSSR count). The number of methoxy groups -OCH3 is 2. The number of thioether (sulfide) groups is 1. The SMILES string of the molecule is CCC1CC(SCCO)=NC(=Nc2cc(N(CC)CC)c(OC)cc2N=Nc2ccc(-c3nc4ccc(C)c(S(=O)(=O)O)c4s3)cc2S(=O)(=O)O)N=C1Nc1cc(N(CC)CC)c(OC)cc1N=Nc1ccc(-c2nc3ccc(C)c(S(=O)(=O)O)c3s2)cc1S(=O)(=O)O. The van der Waals surface area contributed by atoms with Crippen molar-refractivity contribution in [2.24, 2.45) is 41.4 Å². The van der Waals surface area contributed by atoms with Crippen LogP contribution in [-0.4, -0.2) is 137 Å². The second-order valence-electron chi connectivity index (χ2n) is 20.6. The molecule has 492 valence electrons. The Morgan fingerprint density at radius 3 is 1.48 bits per heavy atom. The van der Waals surface area contributed by atoms with Crippen LogP contribution < -0.4 is 24.6 Å². The smallest absolute Gasteiger partial charge is 0.296 e. The van der Waals surface area contributed by atoms with Gasteiger partial charge in [-0.1, -0.05) is 19.1 Å². The zero-order chi connectivity index (χ0) is 67.5. The lowest BCUT2D eigenvalue weighted by atomic mass is 10.0. The van der Waals surface area contributed by atoms with E-state index in [0.717, 1.165) is 34.8 Å². The average molecular weight is 1410 g/mol. The van der Waals surface area contributed by atoms with Crippen LogP contribution in [0.3, 0.4) is 0 Å². The number of ether oxygens (including phenoxy) is 2. The lowest BCUT2D eigenvalue weighted by Crippen LogP contribution is -2.25. The molecule has 0 aliphatic carbocycles.